The number of hydrogen-bond acceptors (Lipinski definition) is 5. The second-order valence-electron chi connectivity index (χ2n) is 6.66. The lowest BCUT2D eigenvalue weighted by molar-refractivity contribution is 0.00578. The van der Waals surface area contributed by atoms with E-state index in [9.17, 15) is 4.79 Å². The summed E-state index contributed by atoms with van der Waals surface area (Å²) in [5.74, 6) is 0.514. The third-order valence-corrected chi connectivity index (χ3v) is 4.42. The van der Waals surface area contributed by atoms with E-state index in [0.29, 0.717) is 16.8 Å². The summed E-state index contributed by atoms with van der Waals surface area (Å²) in [6.45, 7) is 7.91. The Kier molecular flexibility index (Phi) is 3.33. The first-order valence-electron chi connectivity index (χ1n) is 7.29. The smallest absolute Gasteiger partial charge is 0.488 e. The second-order valence-corrected chi connectivity index (χ2v) is 6.66. The summed E-state index contributed by atoms with van der Waals surface area (Å²) < 4.78 is 17.7. The molecule has 1 aromatic rings. The molecule has 0 N–H and O–H groups in total. The quantitative estimate of drug-likeness (QED) is 0.624. The summed E-state index contributed by atoms with van der Waals surface area (Å²) >= 11 is 0. The van der Waals surface area contributed by atoms with E-state index in [1.54, 1.807) is 12.4 Å². The molecule has 1 aliphatic carbocycles. The van der Waals surface area contributed by atoms with Crippen LogP contribution >= 0.6 is 0 Å². The Balaban J connectivity index is 1.93. The fourth-order valence-corrected chi connectivity index (χ4v) is 2.21. The highest BCUT2D eigenvalue weighted by Crippen LogP contribution is 2.37. The van der Waals surface area contributed by atoms with Gasteiger partial charge >= 0.3 is 7.12 Å². The van der Waals surface area contributed by atoms with Crippen LogP contribution < -0.4 is 10.2 Å². The van der Waals surface area contributed by atoms with Gasteiger partial charge < -0.3 is 14.0 Å². The molecule has 0 atom stereocenters. The van der Waals surface area contributed by atoms with Crippen LogP contribution in [0.1, 0.15) is 50.9 Å². The van der Waals surface area contributed by atoms with Gasteiger partial charge in [-0.25, -0.2) is 0 Å². The molecule has 2 fully saturated rings. The highest BCUT2D eigenvalue weighted by molar-refractivity contribution is 6.63. The first-order chi connectivity index (χ1) is 9.84. The minimum absolute atomic E-state index is 0.207. The fraction of sp³-hybridized carbons (Fsp3) is 0.600. The number of rotatable bonds is 4. The average Bonchev–Trinajstić information content (AvgIpc) is 3.17. The van der Waals surface area contributed by atoms with Crippen LogP contribution in [0.2, 0.25) is 0 Å². The van der Waals surface area contributed by atoms with Gasteiger partial charge in [0.15, 0.2) is 6.29 Å². The highest BCUT2D eigenvalue weighted by atomic mass is 16.7. The van der Waals surface area contributed by atoms with Crippen molar-refractivity contribution >= 4 is 18.9 Å². The van der Waals surface area contributed by atoms with E-state index >= 15 is 0 Å². The molecule has 1 saturated heterocycles. The number of ether oxygens (including phenoxy) is 1. The van der Waals surface area contributed by atoms with Crippen molar-refractivity contribution in [2.75, 3.05) is 0 Å². The van der Waals surface area contributed by atoms with Crippen LogP contribution in [0, 0.1) is 0 Å². The summed E-state index contributed by atoms with van der Waals surface area (Å²) in [5.41, 5.74) is 0.188. The van der Waals surface area contributed by atoms with Crippen LogP contribution in [-0.2, 0) is 9.31 Å². The van der Waals surface area contributed by atoms with E-state index < -0.39 is 18.3 Å². The molecule has 2 heterocycles. The molecular weight excluding hydrogens is 269 g/mol. The summed E-state index contributed by atoms with van der Waals surface area (Å²) in [6, 6.07) is 0. The minimum atomic E-state index is -0.606. The molecule has 0 amide bonds. The molecule has 1 aromatic heterocycles. The third-order valence-electron chi connectivity index (χ3n) is 4.42. The third kappa shape index (κ3) is 2.58. The Morgan fingerprint density at radius 3 is 2.38 bits per heavy atom. The molecule has 0 aromatic carbocycles. The maximum absolute atomic E-state index is 11.5. The Bertz CT molecular complexity index is 553. The van der Waals surface area contributed by atoms with Crippen molar-refractivity contribution in [1.82, 2.24) is 4.98 Å². The van der Waals surface area contributed by atoms with Crippen LogP contribution in [0.4, 0.5) is 0 Å². The van der Waals surface area contributed by atoms with Gasteiger partial charge in [-0.05, 0) is 40.5 Å². The number of nitrogens with zero attached hydrogens (tertiary/aromatic N) is 1. The summed E-state index contributed by atoms with van der Waals surface area (Å²) in [6.07, 6.45) is 6.25. The SMILES string of the molecule is CC1(C)OB(c2cncc(OC3CC3)c2C=O)OC1(C)C. The van der Waals surface area contributed by atoms with E-state index in [0.717, 1.165) is 19.1 Å². The van der Waals surface area contributed by atoms with Gasteiger partial charge in [-0.3, -0.25) is 9.78 Å². The lowest BCUT2D eigenvalue weighted by Gasteiger charge is -2.32. The topological polar surface area (TPSA) is 57.7 Å². The summed E-state index contributed by atoms with van der Waals surface area (Å²) in [5, 5.41) is 0. The zero-order chi connectivity index (χ0) is 15.3. The van der Waals surface area contributed by atoms with Crippen LogP contribution in [0.5, 0.6) is 5.75 Å². The van der Waals surface area contributed by atoms with E-state index in [2.05, 4.69) is 4.98 Å². The molecule has 112 valence electrons. The van der Waals surface area contributed by atoms with E-state index in [4.69, 9.17) is 14.0 Å². The molecule has 0 bridgehead atoms. The molecule has 0 radical (unpaired) electrons. The zero-order valence-electron chi connectivity index (χ0n) is 12.9. The largest absolute Gasteiger partial charge is 0.497 e. The van der Waals surface area contributed by atoms with Crippen LogP contribution in [0.3, 0.4) is 0 Å². The van der Waals surface area contributed by atoms with Gasteiger partial charge in [0.25, 0.3) is 0 Å². The number of carbonyl (C=O) groups excluding carboxylic acids is 1. The predicted molar refractivity (Wildman–Crippen MR) is 79.0 cm³/mol. The average molecular weight is 289 g/mol. The Hall–Kier alpha value is -1.40. The second kappa shape index (κ2) is 4.82. The Morgan fingerprint density at radius 1 is 1.24 bits per heavy atom. The van der Waals surface area contributed by atoms with Gasteiger partial charge in [0.2, 0.25) is 0 Å². The number of aldehydes is 1. The molecule has 21 heavy (non-hydrogen) atoms. The van der Waals surface area contributed by atoms with E-state index in [1.165, 1.54) is 0 Å². The summed E-state index contributed by atoms with van der Waals surface area (Å²) in [4.78, 5) is 15.7. The number of carbonyl (C=O) groups is 1. The molecule has 3 rings (SSSR count). The molecular formula is C15H20BNO4. The van der Waals surface area contributed by atoms with Crippen LogP contribution in [0.15, 0.2) is 12.4 Å². The predicted octanol–water partition coefficient (Wildman–Crippen LogP) is 1.73. The molecule has 1 aliphatic heterocycles. The van der Waals surface area contributed by atoms with Crippen molar-refractivity contribution in [3.05, 3.63) is 18.0 Å². The lowest BCUT2D eigenvalue weighted by atomic mass is 9.77. The molecule has 5 nitrogen and oxygen atoms in total. The van der Waals surface area contributed by atoms with Crippen molar-refractivity contribution in [1.29, 1.82) is 0 Å². The van der Waals surface area contributed by atoms with Gasteiger partial charge in [-0.1, -0.05) is 0 Å². The first kappa shape index (κ1) is 14.5. The van der Waals surface area contributed by atoms with Gasteiger partial charge in [0.1, 0.15) is 5.75 Å². The maximum atomic E-state index is 11.5. The van der Waals surface area contributed by atoms with Gasteiger partial charge in [-0.15, -0.1) is 0 Å². The fourth-order valence-electron chi connectivity index (χ4n) is 2.21. The molecule has 0 unspecified atom stereocenters. The number of aromatic nitrogens is 1. The van der Waals surface area contributed by atoms with E-state index in [1.807, 2.05) is 27.7 Å². The van der Waals surface area contributed by atoms with Crippen molar-refractivity contribution < 1.29 is 18.8 Å². The van der Waals surface area contributed by atoms with Gasteiger partial charge in [0, 0.05) is 11.7 Å². The Morgan fingerprint density at radius 2 is 1.86 bits per heavy atom. The van der Waals surface area contributed by atoms with E-state index in [-0.39, 0.29) is 6.10 Å². The van der Waals surface area contributed by atoms with Crippen molar-refractivity contribution in [2.45, 2.75) is 57.8 Å². The monoisotopic (exact) mass is 289 g/mol. The highest BCUT2D eigenvalue weighted by Gasteiger charge is 2.52. The molecule has 6 heteroatoms. The Labute approximate surface area is 125 Å². The number of pyridine rings is 1. The van der Waals surface area contributed by atoms with Gasteiger partial charge in [-0.2, -0.15) is 0 Å². The maximum Gasteiger partial charge on any atom is 0.497 e. The van der Waals surface area contributed by atoms with Crippen molar-refractivity contribution in [2.24, 2.45) is 0 Å². The standard InChI is InChI=1S/C15H20BNO4/c1-14(2)15(3,4)21-16(20-14)12-7-17-8-13(11(12)9-18)19-10-5-6-10/h7-10H,5-6H2,1-4H3. The summed E-state index contributed by atoms with van der Waals surface area (Å²) in [7, 11) is -0.606. The van der Waals surface area contributed by atoms with Gasteiger partial charge in [0.05, 0.1) is 29.1 Å². The van der Waals surface area contributed by atoms with Crippen LogP contribution in [-0.4, -0.2) is 35.7 Å². The lowest BCUT2D eigenvalue weighted by Crippen LogP contribution is -2.41. The minimum Gasteiger partial charge on any atom is -0.488 e. The zero-order valence-corrected chi connectivity index (χ0v) is 12.9. The van der Waals surface area contributed by atoms with Crippen molar-refractivity contribution in [3.63, 3.8) is 0 Å². The van der Waals surface area contributed by atoms with Crippen LogP contribution in [0.25, 0.3) is 0 Å². The molecule has 1 saturated carbocycles. The number of hydrogen-bond donors (Lipinski definition) is 0. The normalized spacial score (nSPS) is 23.1. The molecule has 0 spiro atoms. The first-order valence-corrected chi connectivity index (χ1v) is 7.29. The van der Waals surface area contributed by atoms with Crippen molar-refractivity contribution in [3.8, 4) is 5.75 Å². The molecule has 2 aliphatic rings.